The minimum Gasteiger partial charge on any atom is -0.447 e. The smallest absolute Gasteiger partial charge is 0.276 e. The fraction of sp³-hybridized carbons (Fsp3) is 0.692. The molecule has 0 aliphatic carbocycles. The van der Waals surface area contributed by atoms with Crippen LogP contribution in [-0.2, 0) is 21.3 Å². The first-order chi connectivity index (χ1) is 9.37. The van der Waals surface area contributed by atoms with Crippen molar-refractivity contribution in [1.29, 1.82) is 0 Å². The Balaban J connectivity index is 2.65. The highest BCUT2D eigenvalue weighted by atomic mass is 32.2. The highest BCUT2D eigenvalue weighted by molar-refractivity contribution is 7.89. The number of methoxy groups -OCH3 is 1. The number of hydrogen-bond acceptors (Lipinski definition) is 5. The van der Waals surface area contributed by atoms with E-state index in [0.717, 1.165) is 6.54 Å². The third kappa shape index (κ3) is 4.90. The second-order valence-electron chi connectivity index (χ2n) is 5.06. The molecule has 0 aliphatic rings. The van der Waals surface area contributed by atoms with Gasteiger partial charge in [-0.25, -0.2) is 8.42 Å². The number of sulfonamides is 1. The first kappa shape index (κ1) is 17.2. The zero-order valence-corrected chi connectivity index (χ0v) is 13.4. The molecular weight excluding hydrogens is 280 g/mol. The average Bonchev–Trinajstić information content (AvgIpc) is 2.84. The summed E-state index contributed by atoms with van der Waals surface area (Å²) in [5.41, 5.74) is 0. The Morgan fingerprint density at radius 3 is 2.70 bits per heavy atom. The van der Waals surface area contributed by atoms with Crippen LogP contribution in [0, 0.1) is 5.92 Å². The van der Waals surface area contributed by atoms with Crippen LogP contribution in [0.1, 0.15) is 19.6 Å². The molecular formula is C13H24N2O4S. The fourth-order valence-electron chi connectivity index (χ4n) is 1.57. The second-order valence-corrected chi connectivity index (χ2v) is 7.04. The molecule has 0 aliphatic heterocycles. The van der Waals surface area contributed by atoms with Gasteiger partial charge in [0.2, 0.25) is 5.09 Å². The highest BCUT2D eigenvalue weighted by Gasteiger charge is 2.24. The van der Waals surface area contributed by atoms with Gasteiger partial charge in [0.05, 0.1) is 13.2 Å². The van der Waals surface area contributed by atoms with Crippen LogP contribution in [0.2, 0.25) is 0 Å². The Morgan fingerprint density at radius 1 is 1.40 bits per heavy atom. The van der Waals surface area contributed by atoms with E-state index in [2.05, 4.69) is 19.2 Å². The molecule has 116 valence electrons. The molecule has 0 unspecified atom stereocenters. The Kier molecular flexibility index (Phi) is 6.67. The number of furan rings is 1. The van der Waals surface area contributed by atoms with Crippen molar-refractivity contribution in [3.05, 3.63) is 17.9 Å². The SMILES string of the molecule is COCCN(C)S(=O)(=O)c1ccc(CNCC(C)C)o1. The van der Waals surface area contributed by atoms with Crippen LogP contribution in [0.15, 0.2) is 21.6 Å². The Bertz CT molecular complexity index is 496. The van der Waals surface area contributed by atoms with Gasteiger partial charge in [-0.2, -0.15) is 4.31 Å². The van der Waals surface area contributed by atoms with Crippen LogP contribution in [0.25, 0.3) is 0 Å². The summed E-state index contributed by atoms with van der Waals surface area (Å²) in [6.45, 7) is 6.23. The molecule has 7 heteroatoms. The van der Waals surface area contributed by atoms with Gasteiger partial charge in [0, 0.05) is 20.7 Å². The maximum absolute atomic E-state index is 12.2. The van der Waals surface area contributed by atoms with E-state index < -0.39 is 10.0 Å². The van der Waals surface area contributed by atoms with Gasteiger partial charge >= 0.3 is 0 Å². The van der Waals surface area contributed by atoms with Gasteiger partial charge in [-0.3, -0.25) is 0 Å². The van der Waals surface area contributed by atoms with E-state index in [-0.39, 0.29) is 5.09 Å². The molecule has 0 saturated carbocycles. The molecule has 1 heterocycles. The minimum atomic E-state index is -3.57. The largest absolute Gasteiger partial charge is 0.447 e. The second kappa shape index (κ2) is 7.78. The molecule has 0 spiro atoms. The van der Waals surface area contributed by atoms with Gasteiger partial charge in [-0.05, 0) is 24.6 Å². The summed E-state index contributed by atoms with van der Waals surface area (Å²) < 4.78 is 35.9. The van der Waals surface area contributed by atoms with Crippen LogP contribution in [0.4, 0.5) is 0 Å². The van der Waals surface area contributed by atoms with Crippen molar-refractivity contribution in [2.24, 2.45) is 5.92 Å². The molecule has 20 heavy (non-hydrogen) atoms. The van der Waals surface area contributed by atoms with E-state index in [9.17, 15) is 8.42 Å². The Hall–Kier alpha value is -0.890. The molecule has 6 nitrogen and oxygen atoms in total. The van der Waals surface area contributed by atoms with Gasteiger partial charge in [0.25, 0.3) is 10.0 Å². The van der Waals surface area contributed by atoms with Crippen LogP contribution in [0.5, 0.6) is 0 Å². The topological polar surface area (TPSA) is 71.8 Å². The van der Waals surface area contributed by atoms with Crippen LogP contribution < -0.4 is 5.32 Å². The van der Waals surface area contributed by atoms with Gasteiger partial charge in [-0.15, -0.1) is 0 Å². The monoisotopic (exact) mass is 304 g/mol. The van der Waals surface area contributed by atoms with Gasteiger partial charge in [0.15, 0.2) is 0 Å². The summed E-state index contributed by atoms with van der Waals surface area (Å²) in [5, 5.41) is 3.18. The minimum absolute atomic E-state index is 0.0301. The molecule has 1 N–H and O–H groups in total. The van der Waals surface area contributed by atoms with E-state index in [4.69, 9.17) is 9.15 Å². The Morgan fingerprint density at radius 2 is 2.10 bits per heavy atom. The summed E-state index contributed by atoms with van der Waals surface area (Å²) in [5.74, 6) is 1.15. The summed E-state index contributed by atoms with van der Waals surface area (Å²) >= 11 is 0. The summed E-state index contributed by atoms with van der Waals surface area (Å²) in [4.78, 5) is 0. The predicted molar refractivity (Wildman–Crippen MR) is 76.9 cm³/mol. The standard InChI is InChI=1S/C13H24N2O4S/c1-11(2)9-14-10-12-5-6-13(19-12)20(16,17)15(3)7-8-18-4/h5-6,11,14H,7-10H2,1-4H3. The predicted octanol–water partition coefficient (Wildman–Crippen LogP) is 1.29. The van der Waals surface area contributed by atoms with Crippen molar-refractivity contribution in [1.82, 2.24) is 9.62 Å². The number of nitrogens with zero attached hydrogens (tertiary/aromatic N) is 1. The van der Waals surface area contributed by atoms with Crippen molar-refractivity contribution >= 4 is 10.0 Å². The van der Waals surface area contributed by atoms with E-state index >= 15 is 0 Å². The molecule has 0 radical (unpaired) electrons. The molecule has 0 fully saturated rings. The number of likely N-dealkylation sites (N-methyl/N-ethyl adjacent to an activating group) is 1. The molecule has 1 rings (SSSR count). The quantitative estimate of drug-likeness (QED) is 0.744. The van der Waals surface area contributed by atoms with Crippen LogP contribution in [0.3, 0.4) is 0 Å². The van der Waals surface area contributed by atoms with Crippen molar-refractivity contribution in [3.63, 3.8) is 0 Å². The van der Waals surface area contributed by atoms with E-state index in [1.807, 2.05) is 0 Å². The van der Waals surface area contributed by atoms with E-state index in [1.165, 1.54) is 24.5 Å². The van der Waals surface area contributed by atoms with Crippen LogP contribution in [-0.4, -0.2) is 46.6 Å². The third-order valence-electron chi connectivity index (χ3n) is 2.76. The highest BCUT2D eigenvalue weighted by Crippen LogP contribution is 2.17. The molecule has 0 bridgehead atoms. The first-order valence-corrected chi connectivity index (χ1v) is 8.06. The van der Waals surface area contributed by atoms with Gasteiger partial charge in [-0.1, -0.05) is 13.8 Å². The number of rotatable bonds is 9. The zero-order valence-electron chi connectivity index (χ0n) is 12.5. The molecule has 0 amide bonds. The molecule has 1 aromatic rings. The van der Waals surface area contributed by atoms with Crippen molar-refractivity contribution < 1.29 is 17.6 Å². The molecule has 0 saturated heterocycles. The molecule has 0 atom stereocenters. The number of nitrogens with one attached hydrogen (secondary N) is 1. The van der Waals surface area contributed by atoms with E-state index in [0.29, 0.717) is 31.4 Å². The van der Waals surface area contributed by atoms with Gasteiger partial charge in [0.1, 0.15) is 5.76 Å². The summed E-state index contributed by atoms with van der Waals surface area (Å²) in [6, 6.07) is 3.18. The van der Waals surface area contributed by atoms with Crippen molar-refractivity contribution in [2.75, 3.05) is 33.9 Å². The lowest BCUT2D eigenvalue weighted by Crippen LogP contribution is -2.29. The maximum atomic E-state index is 12.2. The fourth-order valence-corrected chi connectivity index (χ4v) is 2.64. The lowest BCUT2D eigenvalue weighted by molar-refractivity contribution is 0.184. The molecule has 0 aromatic carbocycles. The number of ether oxygens (including phenoxy) is 1. The van der Waals surface area contributed by atoms with Gasteiger partial charge < -0.3 is 14.5 Å². The zero-order chi connectivity index (χ0) is 15.2. The maximum Gasteiger partial charge on any atom is 0.276 e. The van der Waals surface area contributed by atoms with Crippen LogP contribution >= 0.6 is 0 Å². The Labute approximate surface area is 121 Å². The normalized spacial score (nSPS) is 12.5. The van der Waals surface area contributed by atoms with Crippen molar-refractivity contribution in [2.45, 2.75) is 25.5 Å². The lowest BCUT2D eigenvalue weighted by atomic mass is 10.2. The van der Waals surface area contributed by atoms with E-state index in [1.54, 1.807) is 6.07 Å². The summed E-state index contributed by atoms with van der Waals surface area (Å²) in [7, 11) is -0.532. The third-order valence-corrected chi connectivity index (χ3v) is 4.49. The first-order valence-electron chi connectivity index (χ1n) is 6.62. The average molecular weight is 304 g/mol. The van der Waals surface area contributed by atoms with Crippen molar-refractivity contribution in [3.8, 4) is 0 Å². The molecule has 1 aromatic heterocycles. The lowest BCUT2D eigenvalue weighted by Gasteiger charge is -2.14. The number of hydrogen-bond donors (Lipinski definition) is 1. The summed E-state index contributed by atoms with van der Waals surface area (Å²) in [6.07, 6.45) is 0.